The number of benzene rings is 5. The molecule has 0 spiro atoms. The summed E-state index contributed by atoms with van der Waals surface area (Å²) in [4.78, 5) is 27.3. The number of fused-ring (bicyclic) bond motifs is 4. The van der Waals surface area contributed by atoms with Gasteiger partial charge in [0.1, 0.15) is 22.5 Å². The van der Waals surface area contributed by atoms with Crippen LogP contribution in [0, 0.1) is 0 Å². The third-order valence-electron chi connectivity index (χ3n) is 9.34. The van der Waals surface area contributed by atoms with Crippen molar-refractivity contribution in [3.63, 3.8) is 0 Å². The zero-order valence-corrected chi connectivity index (χ0v) is 28.3. The van der Waals surface area contributed by atoms with E-state index in [1.165, 1.54) is 6.08 Å². The zero-order chi connectivity index (χ0) is 34.1. The molecule has 238 valence electrons. The van der Waals surface area contributed by atoms with Gasteiger partial charge in [0.2, 0.25) is 10.9 Å². The predicted molar refractivity (Wildman–Crippen MR) is 202 cm³/mol. The largest absolute Gasteiger partial charge is 0.456 e. The minimum absolute atomic E-state index is 0.0467. The second-order valence-corrected chi connectivity index (χ2v) is 14.6. The van der Waals surface area contributed by atoms with Crippen molar-refractivity contribution in [1.29, 1.82) is 0 Å². The molecule has 0 aliphatic carbocycles. The molecule has 0 saturated heterocycles. The highest BCUT2D eigenvalue weighted by molar-refractivity contribution is 6.07. The van der Waals surface area contributed by atoms with Crippen LogP contribution in [0.1, 0.15) is 64.0 Å². The smallest absolute Gasteiger partial charge is 0.200 e. The van der Waals surface area contributed by atoms with Crippen molar-refractivity contribution in [3.05, 3.63) is 141 Å². The number of hydrogen-bond donors (Lipinski definition) is 0. The maximum absolute atomic E-state index is 13.7. The van der Waals surface area contributed by atoms with Crippen molar-refractivity contribution in [1.82, 2.24) is 0 Å². The van der Waals surface area contributed by atoms with Gasteiger partial charge in [-0.1, -0.05) is 85.0 Å². The molecular formula is C44H38O4. The number of rotatable bonds is 4. The fourth-order valence-electron chi connectivity index (χ4n) is 6.52. The van der Waals surface area contributed by atoms with Gasteiger partial charge in [-0.15, -0.1) is 0 Å². The molecule has 5 aromatic carbocycles. The molecule has 0 atom stereocenters. The summed E-state index contributed by atoms with van der Waals surface area (Å²) < 4.78 is 12.2. The first-order chi connectivity index (χ1) is 22.8. The molecule has 2 aromatic heterocycles. The Hall–Kier alpha value is -5.48. The Morgan fingerprint density at radius 1 is 0.521 bits per heavy atom. The van der Waals surface area contributed by atoms with Crippen molar-refractivity contribution >= 4 is 55.8 Å². The van der Waals surface area contributed by atoms with Crippen LogP contribution in [-0.2, 0) is 10.8 Å². The second kappa shape index (κ2) is 11.1. The van der Waals surface area contributed by atoms with Crippen molar-refractivity contribution in [2.45, 2.75) is 52.4 Å². The quantitative estimate of drug-likeness (QED) is 0.182. The lowest BCUT2D eigenvalue weighted by Crippen LogP contribution is -2.13. The number of para-hydroxylation sites is 1. The number of hydrogen-bond acceptors (Lipinski definition) is 4. The molecule has 0 saturated carbocycles. The van der Waals surface area contributed by atoms with E-state index < -0.39 is 0 Å². The van der Waals surface area contributed by atoms with Crippen molar-refractivity contribution in [3.8, 4) is 22.3 Å². The van der Waals surface area contributed by atoms with E-state index in [1.54, 1.807) is 6.08 Å². The maximum Gasteiger partial charge on any atom is 0.200 e. The standard InChI is InChI=1S/C44H38O4/c1-9-29-37(10-2)47-39-17-15-25(19-35(39)41(29)45)31-21-27(43(3,4)5)24-34-32(22-28(23-33(31)34)44(6,7)8)26-16-18-40-36(20-26)42(46)30-13-11-12-14-38(30)48-40/h9-24H,1-2H2,3-8H3. The topological polar surface area (TPSA) is 60.4 Å². The van der Waals surface area contributed by atoms with E-state index in [2.05, 4.69) is 79.0 Å². The Kier molecular flexibility index (Phi) is 7.17. The van der Waals surface area contributed by atoms with E-state index >= 15 is 0 Å². The maximum atomic E-state index is 13.7. The van der Waals surface area contributed by atoms with Crippen molar-refractivity contribution < 1.29 is 8.83 Å². The highest BCUT2D eigenvalue weighted by Crippen LogP contribution is 2.42. The van der Waals surface area contributed by atoms with Gasteiger partial charge in [-0.2, -0.15) is 0 Å². The molecule has 48 heavy (non-hydrogen) atoms. The second-order valence-electron chi connectivity index (χ2n) is 14.6. The molecule has 4 nitrogen and oxygen atoms in total. The van der Waals surface area contributed by atoms with Gasteiger partial charge in [0, 0.05) is 0 Å². The van der Waals surface area contributed by atoms with Gasteiger partial charge in [-0.05, 0) is 122 Å². The molecule has 0 aliphatic heterocycles. The Bertz CT molecular complexity index is 2600. The van der Waals surface area contributed by atoms with Gasteiger partial charge in [0.25, 0.3) is 0 Å². The van der Waals surface area contributed by atoms with E-state index in [0.717, 1.165) is 44.2 Å². The van der Waals surface area contributed by atoms with E-state index in [4.69, 9.17) is 8.83 Å². The molecule has 0 aliphatic rings. The van der Waals surface area contributed by atoms with Gasteiger partial charge in [0.15, 0.2) is 0 Å². The molecule has 0 N–H and O–H groups in total. The minimum Gasteiger partial charge on any atom is -0.456 e. The molecule has 0 amide bonds. The Labute approximate surface area is 279 Å². The summed E-state index contributed by atoms with van der Waals surface area (Å²) in [5.41, 5.74) is 7.72. The van der Waals surface area contributed by atoms with E-state index in [1.807, 2.05) is 60.7 Å². The molecule has 4 heteroatoms. The molecule has 7 rings (SSSR count). The lowest BCUT2D eigenvalue weighted by Gasteiger charge is -2.26. The normalized spacial score (nSPS) is 12.3. The summed E-state index contributed by atoms with van der Waals surface area (Å²) in [5.74, 6) is 0.410. The van der Waals surface area contributed by atoms with Gasteiger partial charge in [-0.25, -0.2) is 0 Å². The Balaban J connectivity index is 1.58. The van der Waals surface area contributed by atoms with Crippen LogP contribution in [0.15, 0.2) is 117 Å². The average Bonchev–Trinajstić information content (AvgIpc) is 3.06. The third kappa shape index (κ3) is 5.09. The van der Waals surface area contributed by atoms with Crippen LogP contribution in [0.4, 0.5) is 0 Å². The summed E-state index contributed by atoms with van der Waals surface area (Å²) in [6.45, 7) is 20.9. The molecule has 0 unspecified atom stereocenters. The summed E-state index contributed by atoms with van der Waals surface area (Å²) in [6, 6.07) is 28.1. The first kappa shape index (κ1) is 31.1. The van der Waals surface area contributed by atoms with Gasteiger partial charge in [-0.3, -0.25) is 9.59 Å². The summed E-state index contributed by atoms with van der Waals surface area (Å²) >= 11 is 0. The highest BCUT2D eigenvalue weighted by Gasteiger charge is 2.23. The molecule has 0 fully saturated rings. The molecule has 7 aromatic rings. The van der Waals surface area contributed by atoms with Crippen LogP contribution in [0.5, 0.6) is 0 Å². The molecule has 0 bridgehead atoms. The SMILES string of the molecule is C=Cc1oc2ccc(-c3cc(C(C)(C)C)cc4c(-c5ccc6oc7ccccc7c(=O)c6c5)cc(C(C)(C)C)cc34)cc2c(=O)c1C=C. The predicted octanol–water partition coefficient (Wildman–Crippen LogP) is 11.4. The summed E-state index contributed by atoms with van der Waals surface area (Å²) in [7, 11) is 0. The first-order valence-corrected chi connectivity index (χ1v) is 16.2. The Morgan fingerprint density at radius 3 is 1.54 bits per heavy atom. The van der Waals surface area contributed by atoms with Crippen molar-refractivity contribution in [2.24, 2.45) is 0 Å². The lowest BCUT2D eigenvalue weighted by molar-refractivity contribution is 0.589. The van der Waals surface area contributed by atoms with Crippen LogP contribution in [-0.4, -0.2) is 0 Å². The van der Waals surface area contributed by atoms with E-state index in [0.29, 0.717) is 44.2 Å². The van der Waals surface area contributed by atoms with Crippen LogP contribution < -0.4 is 10.9 Å². The van der Waals surface area contributed by atoms with Gasteiger partial charge in [0.05, 0.1) is 21.7 Å². The Morgan fingerprint density at radius 2 is 1.02 bits per heavy atom. The van der Waals surface area contributed by atoms with Crippen LogP contribution in [0.2, 0.25) is 0 Å². The lowest BCUT2D eigenvalue weighted by atomic mass is 9.78. The zero-order valence-electron chi connectivity index (χ0n) is 28.3. The first-order valence-electron chi connectivity index (χ1n) is 16.2. The highest BCUT2D eigenvalue weighted by atomic mass is 16.3. The van der Waals surface area contributed by atoms with Crippen LogP contribution >= 0.6 is 0 Å². The van der Waals surface area contributed by atoms with Gasteiger partial charge >= 0.3 is 0 Å². The third-order valence-corrected chi connectivity index (χ3v) is 9.34. The minimum atomic E-state index is -0.170. The van der Waals surface area contributed by atoms with Crippen LogP contribution in [0.25, 0.3) is 78.1 Å². The monoisotopic (exact) mass is 630 g/mol. The fourth-order valence-corrected chi connectivity index (χ4v) is 6.52. The van der Waals surface area contributed by atoms with E-state index in [-0.39, 0.29) is 21.7 Å². The fraction of sp³-hybridized carbons (Fsp3) is 0.182. The summed E-state index contributed by atoms with van der Waals surface area (Å²) in [5, 5.41) is 3.73. The molecular weight excluding hydrogens is 592 g/mol. The van der Waals surface area contributed by atoms with Crippen LogP contribution in [0.3, 0.4) is 0 Å². The summed E-state index contributed by atoms with van der Waals surface area (Å²) in [6.07, 6.45) is 3.07. The van der Waals surface area contributed by atoms with Crippen molar-refractivity contribution in [2.75, 3.05) is 0 Å². The van der Waals surface area contributed by atoms with Gasteiger partial charge < -0.3 is 8.83 Å². The van der Waals surface area contributed by atoms with E-state index in [9.17, 15) is 9.59 Å². The molecule has 2 heterocycles. The molecule has 0 radical (unpaired) electrons. The average molecular weight is 631 g/mol.